The molecule has 1 aliphatic rings. The molecule has 6 heteroatoms. The lowest BCUT2D eigenvalue weighted by Crippen LogP contribution is -2.43. The SMILES string of the molecule is CC(=O)Nc1cccc(C2OC(CN(C)Cc3ccccc3)C(C)C(c3ccc(CO)cc3)O2)c1. The number of ether oxygens (including phenoxy) is 2. The van der Waals surface area contributed by atoms with Crippen molar-refractivity contribution in [1.82, 2.24) is 4.90 Å². The molecule has 4 rings (SSSR count). The van der Waals surface area contributed by atoms with E-state index in [1.54, 1.807) is 0 Å². The highest BCUT2D eigenvalue weighted by atomic mass is 16.7. The number of nitrogens with zero attached hydrogens (tertiary/aromatic N) is 1. The summed E-state index contributed by atoms with van der Waals surface area (Å²) in [6, 6.07) is 25.9. The number of carbonyl (C=O) groups is 1. The van der Waals surface area contributed by atoms with E-state index in [4.69, 9.17) is 9.47 Å². The van der Waals surface area contributed by atoms with Gasteiger partial charge in [-0.25, -0.2) is 0 Å². The number of nitrogens with one attached hydrogen (secondary N) is 1. The smallest absolute Gasteiger partial charge is 0.221 e. The Hall–Kier alpha value is -3.03. The Morgan fingerprint density at radius 1 is 0.943 bits per heavy atom. The van der Waals surface area contributed by atoms with Crippen LogP contribution in [-0.2, 0) is 27.4 Å². The number of hydrogen-bond donors (Lipinski definition) is 2. The minimum absolute atomic E-state index is 0.00986. The van der Waals surface area contributed by atoms with Crippen molar-refractivity contribution >= 4 is 11.6 Å². The van der Waals surface area contributed by atoms with Crippen molar-refractivity contribution in [3.63, 3.8) is 0 Å². The van der Waals surface area contributed by atoms with Gasteiger partial charge < -0.3 is 19.9 Å². The zero-order chi connectivity index (χ0) is 24.8. The molecule has 3 aromatic carbocycles. The maximum absolute atomic E-state index is 11.6. The average Bonchev–Trinajstić information content (AvgIpc) is 2.86. The van der Waals surface area contributed by atoms with Gasteiger partial charge in [-0.3, -0.25) is 9.69 Å². The third-order valence-electron chi connectivity index (χ3n) is 6.39. The lowest BCUT2D eigenvalue weighted by Gasteiger charge is -2.42. The van der Waals surface area contributed by atoms with Crippen LogP contribution in [-0.4, -0.2) is 35.6 Å². The zero-order valence-corrected chi connectivity index (χ0v) is 20.6. The zero-order valence-electron chi connectivity index (χ0n) is 20.6. The van der Waals surface area contributed by atoms with Crippen LogP contribution in [0.3, 0.4) is 0 Å². The van der Waals surface area contributed by atoms with E-state index >= 15 is 0 Å². The van der Waals surface area contributed by atoms with E-state index in [1.165, 1.54) is 12.5 Å². The van der Waals surface area contributed by atoms with Crippen LogP contribution in [0.2, 0.25) is 0 Å². The van der Waals surface area contributed by atoms with Crippen LogP contribution in [0, 0.1) is 5.92 Å². The molecule has 1 aliphatic heterocycles. The third-order valence-corrected chi connectivity index (χ3v) is 6.39. The standard InChI is InChI=1S/C29H34N2O4/c1-20-27(18-31(3)17-22-8-5-4-6-9-22)34-29(25-10-7-11-26(16-25)30-21(2)33)35-28(20)24-14-12-23(19-32)13-15-24/h4-16,20,27-29,32H,17-19H2,1-3H3,(H,30,33). The molecule has 0 bridgehead atoms. The average molecular weight is 475 g/mol. The molecule has 0 saturated carbocycles. The lowest BCUT2D eigenvalue weighted by molar-refractivity contribution is -0.276. The third kappa shape index (κ3) is 6.55. The van der Waals surface area contributed by atoms with Crippen molar-refractivity contribution in [2.75, 3.05) is 18.9 Å². The molecule has 1 fully saturated rings. The van der Waals surface area contributed by atoms with E-state index in [0.717, 1.165) is 29.8 Å². The summed E-state index contributed by atoms with van der Waals surface area (Å²) in [4.78, 5) is 13.8. The van der Waals surface area contributed by atoms with Gasteiger partial charge >= 0.3 is 0 Å². The van der Waals surface area contributed by atoms with Crippen LogP contribution in [0.4, 0.5) is 5.69 Å². The number of hydrogen-bond acceptors (Lipinski definition) is 5. The number of anilines is 1. The molecule has 184 valence electrons. The van der Waals surface area contributed by atoms with Gasteiger partial charge in [0.2, 0.25) is 5.91 Å². The second kappa shape index (κ2) is 11.6. The molecule has 2 N–H and O–H groups in total. The molecule has 4 unspecified atom stereocenters. The number of amides is 1. The molecule has 3 aromatic rings. The van der Waals surface area contributed by atoms with Gasteiger partial charge in [-0.05, 0) is 35.9 Å². The highest BCUT2D eigenvalue weighted by Crippen LogP contribution is 2.42. The Kier molecular flexibility index (Phi) is 8.31. The first-order valence-corrected chi connectivity index (χ1v) is 12.0. The van der Waals surface area contributed by atoms with Crippen LogP contribution in [0.25, 0.3) is 0 Å². The van der Waals surface area contributed by atoms with Crippen LogP contribution >= 0.6 is 0 Å². The first-order chi connectivity index (χ1) is 16.9. The molecule has 0 aromatic heterocycles. The van der Waals surface area contributed by atoms with Gasteiger partial charge in [-0.15, -0.1) is 0 Å². The number of likely N-dealkylation sites (N-methyl/N-ethyl adjacent to an activating group) is 1. The van der Waals surface area contributed by atoms with E-state index < -0.39 is 6.29 Å². The second-order valence-electron chi connectivity index (χ2n) is 9.31. The highest BCUT2D eigenvalue weighted by Gasteiger charge is 2.38. The van der Waals surface area contributed by atoms with Crippen LogP contribution < -0.4 is 5.32 Å². The molecule has 1 heterocycles. The fraction of sp³-hybridized carbons (Fsp3) is 0.345. The Morgan fingerprint density at radius 2 is 1.69 bits per heavy atom. The maximum Gasteiger partial charge on any atom is 0.221 e. The summed E-state index contributed by atoms with van der Waals surface area (Å²) in [5.74, 6) is -0.0218. The van der Waals surface area contributed by atoms with E-state index in [9.17, 15) is 9.90 Å². The number of carbonyl (C=O) groups excluding carboxylic acids is 1. The summed E-state index contributed by atoms with van der Waals surface area (Å²) < 4.78 is 13.1. The van der Waals surface area contributed by atoms with Crippen molar-refractivity contribution < 1.29 is 19.4 Å². The molecular formula is C29H34N2O4. The van der Waals surface area contributed by atoms with Crippen molar-refractivity contribution in [3.8, 4) is 0 Å². The minimum Gasteiger partial charge on any atom is -0.392 e. The molecule has 35 heavy (non-hydrogen) atoms. The molecule has 0 radical (unpaired) electrons. The van der Waals surface area contributed by atoms with Gasteiger partial charge in [0.25, 0.3) is 0 Å². The number of benzene rings is 3. The minimum atomic E-state index is -0.572. The van der Waals surface area contributed by atoms with Crippen LogP contribution in [0.1, 0.15) is 48.5 Å². The fourth-order valence-electron chi connectivity index (χ4n) is 4.56. The topological polar surface area (TPSA) is 71.0 Å². The highest BCUT2D eigenvalue weighted by molar-refractivity contribution is 5.88. The summed E-state index contributed by atoms with van der Waals surface area (Å²) in [5.41, 5.74) is 4.74. The molecule has 1 saturated heterocycles. The largest absolute Gasteiger partial charge is 0.392 e. The summed E-state index contributed by atoms with van der Waals surface area (Å²) >= 11 is 0. The van der Waals surface area contributed by atoms with Crippen LogP contribution in [0.5, 0.6) is 0 Å². The quantitative estimate of drug-likeness (QED) is 0.478. The Morgan fingerprint density at radius 3 is 2.37 bits per heavy atom. The predicted molar refractivity (Wildman–Crippen MR) is 136 cm³/mol. The normalized spacial score (nSPS) is 22.2. The Labute approximate surface area is 207 Å². The van der Waals surface area contributed by atoms with Gasteiger partial charge in [0.1, 0.15) is 0 Å². The number of aliphatic hydroxyl groups is 1. The fourth-order valence-corrected chi connectivity index (χ4v) is 4.56. The van der Waals surface area contributed by atoms with Gasteiger partial charge in [-0.1, -0.05) is 73.7 Å². The lowest BCUT2D eigenvalue weighted by atomic mass is 9.90. The first-order valence-electron chi connectivity index (χ1n) is 12.0. The van der Waals surface area contributed by atoms with Gasteiger partial charge in [0.15, 0.2) is 6.29 Å². The second-order valence-corrected chi connectivity index (χ2v) is 9.31. The van der Waals surface area contributed by atoms with E-state index in [1.807, 2.05) is 54.6 Å². The van der Waals surface area contributed by atoms with E-state index in [0.29, 0.717) is 5.69 Å². The Bertz CT molecular complexity index is 1100. The summed E-state index contributed by atoms with van der Waals surface area (Å²) in [6.45, 7) is 5.23. The van der Waals surface area contributed by atoms with Crippen molar-refractivity contribution in [2.45, 2.75) is 45.5 Å². The predicted octanol–water partition coefficient (Wildman–Crippen LogP) is 5.06. The maximum atomic E-state index is 11.6. The van der Waals surface area contributed by atoms with Gasteiger partial charge in [0, 0.05) is 37.2 Å². The number of aliphatic hydroxyl groups excluding tert-OH is 1. The van der Waals surface area contributed by atoms with Crippen molar-refractivity contribution in [1.29, 1.82) is 0 Å². The summed E-state index contributed by atoms with van der Waals surface area (Å²) in [7, 11) is 2.11. The molecule has 6 nitrogen and oxygen atoms in total. The van der Waals surface area contributed by atoms with Crippen molar-refractivity contribution in [3.05, 3.63) is 101 Å². The van der Waals surface area contributed by atoms with Crippen molar-refractivity contribution in [2.24, 2.45) is 5.92 Å². The molecule has 0 aliphatic carbocycles. The molecule has 1 amide bonds. The molecule has 0 spiro atoms. The van der Waals surface area contributed by atoms with Gasteiger partial charge in [0.05, 0.1) is 18.8 Å². The van der Waals surface area contributed by atoms with E-state index in [-0.39, 0.29) is 30.6 Å². The molecule has 4 atom stereocenters. The van der Waals surface area contributed by atoms with Crippen LogP contribution in [0.15, 0.2) is 78.9 Å². The van der Waals surface area contributed by atoms with Gasteiger partial charge in [-0.2, -0.15) is 0 Å². The first kappa shape index (κ1) is 25.1. The monoisotopic (exact) mass is 474 g/mol. The summed E-state index contributed by atoms with van der Waals surface area (Å²) in [6.07, 6.45) is -0.826. The molecular weight excluding hydrogens is 440 g/mol. The number of rotatable bonds is 8. The Balaban J connectivity index is 1.58. The van der Waals surface area contributed by atoms with E-state index in [2.05, 4.69) is 48.5 Å². The summed E-state index contributed by atoms with van der Waals surface area (Å²) in [5, 5.41) is 12.3.